The minimum absolute atomic E-state index is 0.824. The molecule has 2 aromatic carbocycles. The molecule has 0 unspecified atom stereocenters. The van der Waals surface area contributed by atoms with Gasteiger partial charge in [0.15, 0.2) is 8.96 Å². The average Bonchev–Trinajstić information content (AvgIpc) is 3.35. The molecule has 1 nitrogen and oxygen atoms in total. The molecule has 24 heavy (non-hydrogen) atoms. The molecule has 0 spiro atoms. The zero-order valence-electron chi connectivity index (χ0n) is 14.6. The topological polar surface area (TPSA) is 3.24 Å². The van der Waals surface area contributed by atoms with Gasteiger partial charge in [-0.3, -0.25) is 0 Å². The van der Waals surface area contributed by atoms with Crippen molar-refractivity contribution in [1.29, 1.82) is 0 Å². The fourth-order valence-corrected chi connectivity index (χ4v) is 8.62. The van der Waals surface area contributed by atoms with Crippen LogP contribution < -0.4 is 10.4 Å². The van der Waals surface area contributed by atoms with Crippen LogP contribution in [0.15, 0.2) is 60.7 Å². The van der Waals surface area contributed by atoms with Crippen LogP contribution in [0.2, 0.25) is 0 Å². The molecule has 2 aliphatic rings. The molecule has 0 N–H and O–H groups in total. The monoisotopic (exact) mass is 335 g/mol. The summed E-state index contributed by atoms with van der Waals surface area (Å²) in [6.07, 6.45) is 11.4. The molecule has 0 saturated heterocycles. The zero-order chi connectivity index (χ0) is 16.2. The number of hydrogen-bond acceptors (Lipinski definition) is 1. The van der Waals surface area contributed by atoms with Crippen LogP contribution in [0.1, 0.15) is 51.4 Å². The molecule has 2 aliphatic carbocycles. The van der Waals surface area contributed by atoms with Crippen molar-refractivity contribution < 1.29 is 0 Å². The smallest absolute Gasteiger partial charge is 0.176 e. The van der Waals surface area contributed by atoms with E-state index < -0.39 is 8.96 Å². The van der Waals surface area contributed by atoms with E-state index in [1.165, 1.54) is 51.4 Å². The van der Waals surface area contributed by atoms with Crippen molar-refractivity contribution in [3.8, 4) is 0 Å². The summed E-state index contributed by atoms with van der Waals surface area (Å²) in [4.78, 5) is 0. The molecule has 0 aliphatic heterocycles. The van der Waals surface area contributed by atoms with Gasteiger partial charge in [-0.2, -0.15) is 0 Å². The standard InChI is InChI=1S/C22H29NSi/c1-3-15-21(16-4-1)24(22-17-5-2-6-18-22)23(19-11-7-8-12-19)20-13-9-10-14-20/h1-6,15-20,24H,7-14H2. The van der Waals surface area contributed by atoms with Crippen molar-refractivity contribution in [3.05, 3.63) is 60.7 Å². The first kappa shape index (κ1) is 16.1. The lowest BCUT2D eigenvalue weighted by atomic mass is 10.2. The summed E-state index contributed by atoms with van der Waals surface area (Å²) >= 11 is 0. The van der Waals surface area contributed by atoms with E-state index in [1.54, 1.807) is 10.4 Å². The van der Waals surface area contributed by atoms with Crippen LogP contribution in [-0.2, 0) is 0 Å². The predicted octanol–water partition coefficient (Wildman–Crippen LogP) is 3.71. The number of rotatable bonds is 5. The first-order valence-corrected chi connectivity index (χ1v) is 11.5. The fourth-order valence-electron chi connectivity index (χ4n) is 4.93. The lowest BCUT2D eigenvalue weighted by molar-refractivity contribution is 0.255. The van der Waals surface area contributed by atoms with E-state index in [4.69, 9.17) is 0 Å². The molecule has 2 saturated carbocycles. The first-order valence-electron chi connectivity index (χ1n) is 9.81. The van der Waals surface area contributed by atoms with Crippen LogP contribution in [0.4, 0.5) is 0 Å². The molecule has 4 rings (SSSR count). The van der Waals surface area contributed by atoms with E-state index in [0.717, 1.165) is 12.1 Å². The van der Waals surface area contributed by atoms with Crippen molar-refractivity contribution in [1.82, 2.24) is 4.57 Å². The van der Waals surface area contributed by atoms with Gasteiger partial charge in [-0.25, -0.2) is 0 Å². The van der Waals surface area contributed by atoms with Gasteiger partial charge < -0.3 is 4.57 Å². The van der Waals surface area contributed by atoms with Crippen molar-refractivity contribution in [3.63, 3.8) is 0 Å². The van der Waals surface area contributed by atoms with Crippen LogP contribution in [0.25, 0.3) is 0 Å². The molecular formula is C22H29NSi. The van der Waals surface area contributed by atoms with Gasteiger partial charge in [0.1, 0.15) is 0 Å². The van der Waals surface area contributed by atoms with E-state index in [1.807, 2.05) is 0 Å². The highest BCUT2D eigenvalue weighted by atomic mass is 28.3. The van der Waals surface area contributed by atoms with Crippen LogP contribution in [0, 0.1) is 0 Å². The minimum Gasteiger partial charge on any atom is -0.313 e. The molecule has 126 valence electrons. The summed E-state index contributed by atoms with van der Waals surface area (Å²) in [5.74, 6) is 0. The van der Waals surface area contributed by atoms with E-state index in [-0.39, 0.29) is 0 Å². The Kier molecular flexibility index (Phi) is 5.15. The highest BCUT2D eigenvalue weighted by Crippen LogP contribution is 2.32. The van der Waals surface area contributed by atoms with E-state index in [9.17, 15) is 0 Å². The van der Waals surface area contributed by atoms with Crippen molar-refractivity contribution in [2.24, 2.45) is 0 Å². The molecule has 2 fully saturated rings. The van der Waals surface area contributed by atoms with Gasteiger partial charge in [0.05, 0.1) is 0 Å². The summed E-state index contributed by atoms with van der Waals surface area (Å²) < 4.78 is 3.06. The maximum absolute atomic E-state index is 3.06. The molecule has 2 aromatic rings. The van der Waals surface area contributed by atoms with Crippen molar-refractivity contribution in [2.45, 2.75) is 63.5 Å². The second-order valence-corrected chi connectivity index (χ2v) is 10.3. The number of nitrogens with zero attached hydrogens (tertiary/aromatic N) is 1. The van der Waals surface area contributed by atoms with Crippen LogP contribution in [-0.4, -0.2) is 25.6 Å². The van der Waals surface area contributed by atoms with Gasteiger partial charge in [0.2, 0.25) is 0 Å². The molecule has 0 heterocycles. The second kappa shape index (κ2) is 7.67. The third kappa shape index (κ3) is 3.36. The lowest BCUT2D eigenvalue weighted by Crippen LogP contribution is -2.62. The lowest BCUT2D eigenvalue weighted by Gasteiger charge is -2.41. The fraction of sp³-hybridized carbons (Fsp3) is 0.455. The third-order valence-electron chi connectivity index (χ3n) is 6.02. The van der Waals surface area contributed by atoms with Gasteiger partial charge in [-0.15, -0.1) is 0 Å². The predicted molar refractivity (Wildman–Crippen MR) is 106 cm³/mol. The van der Waals surface area contributed by atoms with Gasteiger partial charge in [0, 0.05) is 12.1 Å². The Labute approximate surface area is 148 Å². The summed E-state index contributed by atoms with van der Waals surface area (Å²) in [6, 6.07) is 24.5. The SMILES string of the molecule is c1ccc([SiH](c2ccccc2)N(C2CCCC2)C2CCCC2)cc1. The largest absolute Gasteiger partial charge is 0.313 e. The maximum atomic E-state index is 3.06. The van der Waals surface area contributed by atoms with E-state index in [0.29, 0.717) is 0 Å². The average molecular weight is 336 g/mol. The van der Waals surface area contributed by atoms with Gasteiger partial charge in [0.25, 0.3) is 0 Å². The van der Waals surface area contributed by atoms with E-state index >= 15 is 0 Å². The Bertz CT molecular complexity index is 559. The Morgan fingerprint density at radius 2 is 0.958 bits per heavy atom. The highest BCUT2D eigenvalue weighted by molar-refractivity contribution is 6.83. The van der Waals surface area contributed by atoms with Crippen LogP contribution in [0.5, 0.6) is 0 Å². The zero-order valence-corrected chi connectivity index (χ0v) is 15.8. The Morgan fingerprint density at radius 3 is 1.33 bits per heavy atom. The van der Waals surface area contributed by atoms with Gasteiger partial charge in [-0.05, 0) is 36.1 Å². The summed E-state index contributed by atoms with van der Waals surface area (Å²) in [6.45, 7) is 0. The molecule has 0 amide bonds. The summed E-state index contributed by atoms with van der Waals surface area (Å²) in [5, 5.41) is 3.20. The quantitative estimate of drug-likeness (QED) is 0.753. The minimum atomic E-state index is -1.34. The third-order valence-corrected chi connectivity index (χ3v) is 9.49. The van der Waals surface area contributed by atoms with Crippen molar-refractivity contribution in [2.75, 3.05) is 0 Å². The molecule has 2 heteroatoms. The molecular weight excluding hydrogens is 306 g/mol. The maximum Gasteiger partial charge on any atom is 0.176 e. The Morgan fingerprint density at radius 1 is 0.583 bits per heavy atom. The van der Waals surface area contributed by atoms with Gasteiger partial charge in [-0.1, -0.05) is 86.3 Å². The summed E-state index contributed by atoms with van der Waals surface area (Å²) in [5.41, 5.74) is 0. The van der Waals surface area contributed by atoms with Crippen molar-refractivity contribution >= 4 is 19.3 Å². The normalized spacial score (nSPS) is 19.6. The Balaban J connectivity index is 1.76. The second-order valence-electron chi connectivity index (χ2n) is 7.55. The number of hydrogen-bond donors (Lipinski definition) is 0. The molecule has 0 bridgehead atoms. The highest BCUT2D eigenvalue weighted by Gasteiger charge is 2.37. The Hall–Kier alpha value is -1.38. The van der Waals surface area contributed by atoms with E-state index in [2.05, 4.69) is 65.2 Å². The summed E-state index contributed by atoms with van der Waals surface area (Å²) in [7, 11) is -1.34. The van der Waals surface area contributed by atoms with Crippen LogP contribution >= 0.6 is 0 Å². The first-order chi connectivity index (χ1) is 11.9. The molecule has 0 aromatic heterocycles. The van der Waals surface area contributed by atoms with Gasteiger partial charge >= 0.3 is 0 Å². The molecule has 0 atom stereocenters. The number of benzene rings is 2. The van der Waals surface area contributed by atoms with Crippen LogP contribution in [0.3, 0.4) is 0 Å². The molecule has 0 radical (unpaired) electrons.